The molecule has 0 bridgehead atoms. The molecule has 6 nitrogen and oxygen atoms in total. The highest BCUT2D eigenvalue weighted by atomic mass is 32.1. The van der Waals surface area contributed by atoms with E-state index in [0.29, 0.717) is 27.9 Å². The lowest BCUT2D eigenvalue weighted by Gasteiger charge is -2.06. The zero-order valence-corrected chi connectivity index (χ0v) is 16.8. The average Bonchev–Trinajstić information content (AvgIpc) is 3.43. The Hall–Kier alpha value is -3.32. The van der Waals surface area contributed by atoms with E-state index in [0.717, 1.165) is 29.8 Å². The second-order valence-corrected chi connectivity index (χ2v) is 7.56. The van der Waals surface area contributed by atoms with Gasteiger partial charge in [0.1, 0.15) is 5.01 Å². The van der Waals surface area contributed by atoms with Gasteiger partial charge < -0.3 is 4.42 Å². The van der Waals surface area contributed by atoms with Crippen molar-refractivity contribution in [1.82, 2.24) is 15.2 Å². The van der Waals surface area contributed by atoms with Gasteiger partial charge in [-0.15, -0.1) is 10.2 Å². The number of rotatable bonds is 7. The summed E-state index contributed by atoms with van der Waals surface area (Å²) in [6, 6.07) is 17.0. The number of carbonyl (C=O) groups is 1. The van der Waals surface area contributed by atoms with Crippen molar-refractivity contribution >= 4 is 22.4 Å². The molecule has 2 aromatic carbocycles. The molecule has 0 spiro atoms. The van der Waals surface area contributed by atoms with Gasteiger partial charge in [-0.05, 0) is 18.6 Å². The summed E-state index contributed by atoms with van der Waals surface area (Å²) >= 11 is 1.41. The molecule has 2 aromatic heterocycles. The molecular weight excluding hydrogens is 384 g/mol. The molecule has 1 N–H and O–H groups in total. The number of aromatic nitrogens is 3. The number of anilines is 1. The Bertz CT molecular complexity index is 1100. The van der Waals surface area contributed by atoms with Crippen molar-refractivity contribution in [2.75, 3.05) is 5.32 Å². The fraction of sp³-hybridized carbons (Fsp3) is 0.182. The molecule has 4 rings (SSSR count). The van der Waals surface area contributed by atoms with Gasteiger partial charge in [0.05, 0.1) is 11.8 Å². The number of aryl methyl sites for hydroxylation is 1. The Kier molecular flexibility index (Phi) is 5.76. The molecule has 4 aromatic rings. The third-order valence-corrected chi connectivity index (χ3v) is 5.30. The first-order valence-electron chi connectivity index (χ1n) is 9.49. The van der Waals surface area contributed by atoms with Crippen LogP contribution in [0, 0.1) is 0 Å². The minimum absolute atomic E-state index is 0.266. The number of benzene rings is 2. The normalized spacial score (nSPS) is 10.8. The molecule has 146 valence electrons. The molecule has 2 heterocycles. The first kappa shape index (κ1) is 19.0. The van der Waals surface area contributed by atoms with Crippen LogP contribution in [0.5, 0.6) is 0 Å². The van der Waals surface area contributed by atoms with Crippen LogP contribution in [-0.4, -0.2) is 21.1 Å². The SMILES string of the molecule is CCCCc1nnc(NC(=O)c2ccccc2-c2ncc(-c3ccccc3)o2)s1. The van der Waals surface area contributed by atoms with Gasteiger partial charge in [-0.1, -0.05) is 67.1 Å². The third-order valence-electron chi connectivity index (χ3n) is 4.40. The van der Waals surface area contributed by atoms with E-state index in [1.165, 1.54) is 11.3 Å². The highest BCUT2D eigenvalue weighted by Gasteiger charge is 2.18. The average molecular weight is 404 g/mol. The molecule has 0 fully saturated rings. The number of oxazole rings is 1. The summed E-state index contributed by atoms with van der Waals surface area (Å²) in [5.74, 6) is 0.786. The number of nitrogens with one attached hydrogen (secondary N) is 1. The Morgan fingerprint density at radius 1 is 1.07 bits per heavy atom. The second kappa shape index (κ2) is 8.79. The Balaban J connectivity index is 1.56. The summed E-state index contributed by atoms with van der Waals surface area (Å²) in [7, 11) is 0. The number of unbranched alkanes of at least 4 members (excludes halogenated alkanes) is 1. The molecular formula is C22H20N4O2S. The molecule has 29 heavy (non-hydrogen) atoms. The second-order valence-electron chi connectivity index (χ2n) is 6.50. The summed E-state index contributed by atoms with van der Waals surface area (Å²) in [5.41, 5.74) is 2.03. The van der Waals surface area contributed by atoms with Crippen LogP contribution in [0.3, 0.4) is 0 Å². The zero-order valence-electron chi connectivity index (χ0n) is 16.0. The lowest BCUT2D eigenvalue weighted by atomic mass is 10.1. The van der Waals surface area contributed by atoms with Crippen LogP contribution in [0.2, 0.25) is 0 Å². The summed E-state index contributed by atoms with van der Waals surface area (Å²) in [6.45, 7) is 2.13. The molecule has 0 aliphatic heterocycles. The van der Waals surface area contributed by atoms with Gasteiger partial charge in [-0.2, -0.15) is 0 Å². The van der Waals surface area contributed by atoms with Crippen LogP contribution in [-0.2, 0) is 6.42 Å². The highest BCUT2D eigenvalue weighted by molar-refractivity contribution is 7.15. The van der Waals surface area contributed by atoms with E-state index >= 15 is 0 Å². The first-order valence-corrected chi connectivity index (χ1v) is 10.3. The Morgan fingerprint density at radius 2 is 1.86 bits per heavy atom. The molecule has 0 unspecified atom stereocenters. The summed E-state index contributed by atoms with van der Waals surface area (Å²) in [5, 5.41) is 12.5. The molecule has 0 aliphatic rings. The van der Waals surface area contributed by atoms with Crippen molar-refractivity contribution in [2.24, 2.45) is 0 Å². The van der Waals surface area contributed by atoms with Crippen molar-refractivity contribution in [1.29, 1.82) is 0 Å². The lowest BCUT2D eigenvalue weighted by molar-refractivity contribution is 0.102. The highest BCUT2D eigenvalue weighted by Crippen LogP contribution is 2.29. The molecule has 0 saturated carbocycles. The van der Waals surface area contributed by atoms with E-state index in [1.807, 2.05) is 48.5 Å². The quantitative estimate of drug-likeness (QED) is 0.443. The number of hydrogen-bond acceptors (Lipinski definition) is 6. The van der Waals surface area contributed by atoms with Crippen molar-refractivity contribution in [2.45, 2.75) is 26.2 Å². The van der Waals surface area contributed by atoms with E-state index in [2.05, 4.69) is 27.4 Å². The smallest absolute Gasteiger partial charge is 0.258 e. The summed E-state index contributed by atoms with van der Waals surface area (Å²) in [6.07, 6.45) is 4.69. The van der Waals surface area contributed by atoms with E-state index in [1.54, 1.807) is 12.3 Å². The van der Waals surface area contributed by atoms with E-state index in [9.17, 15) is 4.79 Å². The van der Waals surface area contributed by atoms with Crippen LogP contribution in [0.25, 0.3) is 22.8 Å². The Labute approximate surface area is 172 Å². The molecule has 1 amide bonds. The maximum atomic E-state index is 12.9. The van der Waals surface area contributed by atoms with E-state index in [-0.39, 0.29) is 5.91 Å². The van der Waals surface area contributed by atoms with Crippen LogP contribution in [0.1, 0.15) is 35.1 Å². The van der Waals surface area contributed by atoms with Crippen molar-refractivity contribution in [3.63, 3.8) is 0 Å². The zero-order chi connectivity index (χ0) is 20.1. The molecule has 7 heteroatoms. The third kappa shape index (κ3) is 4.41. The van der Waals surface area contributed by atoms with Gasteiger partial charge in [-0.25, -0.2) is 4.98 Å². The summed E-state index contributed by atoms with van der Waals surface area (Å²) in [4.78, 5) is 17.2. The largest absolute Gasteiger partial charge is 0.436 e. The lowest BCUT2D eigenvalue weighted by Crippen LogP contribution is -2.13. The molecule has 0 aliphatic carbocycles. The number of amides is 1. The van der Waals surface area contributed by atoms with Crippen LogP contribution >= 0.6 is 11.3 Å². The van der Waals surface area contributed by atoms with E-state index < -0.39 is 0 Å². The van der Waals surface area contributed by atoms with Gasteiger partial charge in [0, 0.05) is 17.5 Å². The van der Waals surface area contributed by atoms with Crippen LogP contribution < -0.4 is 5.32 Å². The fourth-order valence-electron chi connectivity index (χ4n) is 2.90. The number of carbonyl (C=O) groups excluding carboxylic acids is 1. The van der Waals surface area contributed by atoms with Crippen molar-refractivity contribution in [3.8, 4) is 22.8 Å². The maximum absolute atomic E-state index is 12.9. The van der Waals surface area contributed by atoms with E-state index in [4.69, 9.17) is 4.42 Å². The molecule has 0 radical (unpaired) electrons. The van der Waals surface area contributed by atoms with Gasteiger partial charge in [0.2, 0.25) is 11.0 Å². The minimum atomic E-state index is -0.266. The van der Waals surface area contributed by atoms with Gasteiger partial charge in [0.25, 0.3) is 5.91 Å². The number of nitrogens with zero attached hydrogens (tertiary/aromatic N) is 3. The summed E-state index contributed by atoms with van der Waals surface area (Å²) < 4.78 is 5.93. The fourth-order valence-corrected chi connectivity index (χ4v) is 3.68. The predicted molar refractivity (Wildman–Crippen MR) is 114 cm³/mol. The van der Waals surface area contributed by atoms with Crippen molar-refractivity contribution in [3.05, 3.63) is 71.4 Å². The molecule has 0 atom stereocenters. The minimum Gasteiger partial charge on any atom is -0.436 e. The van der Waals surface area contributed by atoms with Gasteiger partial charge in [-0.3, -0.25) is 10.1 Å². The monoisotopic (exact) mass is 404 g/mol. The van der Waals surface area contributed by atoms with Gasteiger partial charge >= 0.3 is 0 Å². The van der Waals surface area contributed by atoms with Crippen LogP contribution in [0.15, 0.2) is 65.2 Å². The van der Waals surface area contributed by atoms with Gasteiger partial charge in [0.15, 0.2) is 5.76 Å². The first-order chi connectivity index (χ1) is 14.2. The number of hydrogen-bond donors (Lipinski definition) is 1. The van der Waals surface area contributed by atoms with Crippen LogP contribution in [0.4, 0.5) is 5.13 Å². The molecule has 0 saturated heterocycles. The maximum Gasteiger partial charge on any atom is 0.258 e. The Morgan fingerprint density at radius 3 is 2.69 bits per heavy atom. The predicted octanol–water partition coefficient (Wildman–Crippen LogP) is 5.46. The topological polar surface area (TPSA) is 80.9 Å². The standard InChI is InChI=1S/C22H20N4O2S/c1-2-3-13-19-25-26-22(29-19)24-20(27)16-11-7-8-12-17(16)21-23-14-18(28-21)15-9-5-4-6-10-15/h4-12,14H,2-3,13H2,1H3,(H,24,26,27). The van der Waals surface area contributed by atoms with Crippen molar-refractivity contribution < 1.29 is 9.21 Å².